The standard InChI is InChI=1S/C9H17N3O5/c1-7(16-12(14)15)8-2-4-11(5-3-8)17-9(13)6-10/h7-8H,2-6,10H2,1H3. The quantitative estimate of drug-likeness (QED) is 0.525. The fraction of sp³-hybridized carbons (Fsp3) is 0.889. The van der Waals surface area contributed by atoms with E-state index in [0.29, 0.717) is 25.9 Å². The van der Waals surface area contributed by atoms with Gasteiger partial charge in [-0.1, -0.05) is 0 Å². The molecule has 1 unspecified atom stereocenters. The molecule has 0 bridgehead atoms. The molecule has 8 heteroatoms. The molecule has 0 aromatic rings. The highest BCUT2D eigenvalue weighted by Gasteiger charge is 2.27. The van der Waals surface area contributed by atoms with Crippen LogP contribution in [0.2, 0.25) is 0 Å². The summed E-state index contributed by atoms with van der Waals surface area (Å²) >= 11 is 0. The predicted molar refractivity (Wildman–Crippen MR) is 57.0 cm³/mol. The first-order valence-electron chi connectivity index (χ1n) is 5.50. The van der Waals surface area contributed by atoms with E-state index >= 15 is 0 Å². The Bertz CT molecular complexity index is 278. The molecule has 1 aliphatic heterocycles. The first-order valence-corrected chi connectivity index (χ1v) is 5.50. The summed E-state index contributed by atoms with van der Waals surface area (Å²) in [5.74, 6) is -0.369. The summed E-state index contributed by atoms with van der Waals surface area (Å²) in [6, 6.07) is 0. The number of carbonyl (C=O) groups excluding carboxylic acids is 1. The largest absolute Gasteiger partial charge is 0.367 e. The van der Waals surface area contributed by atoms with Gasteiger partial charge in [-0.2, -0.15) is 0 Å². The van der Waals surface area contributed by atoms with Crippen LogP contribution >= 0.6 is 0 Å². The summed E-state index contributed by atoms with van der Waals surface area (Å²) in [5.41, 5.74) is 5.12. The molecule has 1 saturated heterocycles. The first-order chi connectivity index (χ1) is 8.02. The molecule has 1 aliphatic rings. The summed E-state index contributed by atoms with van der Waals surface area (Å²) in [4.78, 5) is 30.6. The third-order valence-corrected chi connectivity index (χ3v) is 2.81. The normalized spacial score (nSPS) is 19.6. The van der Waals surface area contributed by atoms with Crippen LogP contribution in [-0.4, -0.2) is 41.9 Å². The SMILES string of the molecule is CC(O[N+](=O)[O-])C1CCN(OC(=O)CN)CC1. The molecular weight excluding hydrogens is 230 g/mol. The highest BCUT2D eigenvalue weighted by molar-refractivity contribution is 5.70. The van der Waals surface area contributed by atoms with Gasteiger partial charge >= 0.3 is 5.97 Å². The van der Waals surface area contributed by atoms with Crippen LogP contribution in [0.1, 0.15) is 19.8 Å². The zero-order valence-electron chi connectivity index (χ0n) is 9.70. The lowest BCUT2D eigenvalue weighted by Crippen LogP contribution is -2.40. The van der Waals surface area contributed by atoms with E-state index in [2.05, 4.69) is 4.84 Å². The van der Waals surface area contributed by atoms with Gasteiger partial charge in [0.2, 0.25) is 0 Å². The van der Waals surface area contributed by atoms with Crippen LogP contribution in [0.15, 0.2) is 0 Å². The Labute approximate surface area is 98.7 Å². The number of hydroxylamine groups is 2. The first kappa shape index (κ1) is 13.7. The fourth-order valence-electron chi connectivity index (χ4n) is 1.84. The van der Waals surface area contributed by atoms with E-state index in [9.17, 15) is 14.9 Å². The van der Waals surface area contributed by atoms with Crippen LogP contribution < -0.4 is 5.73 Å². The van der Waals surface area contributed by atoms with Gasteiger partial charge in [-0.05, 0) is 25.7 Å². The van der Waals surface area contributed by atoms with Crippen LogP contribution in [0.4, 0.5) is 0 Å². The molecule has 0 spiro atoms. The molecule has 1 atom stereocenters. The van der Waals surface area contributed by atoms with Crippen LogP contribution in [0.3, 0.4) is 0 Å². The molecule has 1 rings (SSSR count). The summed E-state index contributed by atoms with van der Waals surface area (Å²) in [6.45, 7) is 2.61. The third-order valence-electron chi connectivity index (χ3n) is 2.81. The van der Waals surface area contributed by atoms with Crippen molar-refractivity contribution in [3.8, 4) is 0 Å². The van der Waals surface area contributed by atoms with Gasteiger partial charge in [0.1, 0.15) is 6.10 Å². The average Bonchev–Trinajstić information content (AvgIpc) is 2.28. The van der Waals surface area contributed by atoms with Gasteiger partial charge in [-0.15, -0.1) is 15.2 Å². The van der Waals surface area contributed by atoms with Crippen molar-refractivity contribution in [1.82, 2.24) is 5.06 Å². The summed E-state index contributed by atoms with van der Waals surface area (Å²) < 4.78 is 0. The van der Waals surface area contributed by atoms with Gasteiger partial charge in [0.25, 0.3) is 5.09 Å². The molecule has 2 N–H and O–H groups in total. The molecule has 8 nitrogen and oxygen atoms in total. The van der Waals surface area contributed by atoms with E-state index in [1.807, 2.05) is 0 Å². The Balaban J connectivity index is 2.30. The Morgan fingerprint density at radius 2 is 2.18 bits per heavy atom. The van der Waals surface area contributed by atoms with Crippen molar-refractivity contribution in [1.29, 1.82) is 0 Å². The van der Waals surface area contributed by atoms with E-state index in [-0.39, 0.29) is 12.5 Å². The molecule has 0 aliphatic carbocycles. The highest BCUT2D eigenvalue weighted by atomic mass is 17.0. The van der Waals surface area contributed by atoms with Gasteiger partial charge in [-0.25, -0.2) is 4.79 Å². The van der Waals surface area contributed by atoms with Crippen molar-refractivity contribution in [2.75, 3.05) is 19.6 Å². The van der Waals surface area contributed by atoms with E-state index in [1.165, 1.54) is 5.06 Å². The molecule has 1 fully saturated rings. The van der Waals surface area contributed by atoms with Crippen molar-refractivity contribution in [2.24, 2.45) is 11.7 Å². The fourth-order valence-corrected chi connectivity index (χ4v) is 1.84. The van der Waals surface area contributed by atoms with Gasteiger partial charge in [0, 0.05) is 13.1 Å². The van der Waals surface area contributed by atoms with Crippen LogP contribution in [0.5, 0.6) is 0 Å². The number of hydrogen-bond donors (Lipinski definition) is 1. The van der Waals surface area contributed by atoms with Crippen molar-refractivity contribution in [2.45, 2.75) is 25.9 Å². The number of rotatable bonds is 5. The molecule has 17 heavy (non-hydrogen) atoms. The lowest BCUT2D eigenvalue weighted by Gasteiger charge is -2.32. The summed E-state index contributed by atoms with van der Waals surface area (Å²) in [7, 11) is 0. The molecule has 1 heterocycles. The lowest BCUT2D eigenvalue weighted by molar-refractivity contribution is -0.769. The molecule has 0 amide bonds. The topological polar surface area (TPSA) is 108 Å². The van der Waals surface area contributed by atoms with Crippen molar-refractivity contribution in [3.63, 3.8) is 0 Å². The molecule has 0 radical (unpaired) electrons. The van der Waals surface area contributed by atoms with E-state index < -0.39 is 17.2 Å². The average molecular weight is 247 g/mol. The molecule has 0 aromatic heterocycles. The molecular formula is C9H17N3O5. The number of piperidine rings is 1. The number of nitrogens with zero attached hydrogens (tertiary/aromatic N) is 2. The van der Waals surface area contributed by atoms with Gasteiger partial charge in [-0.3, -0.25) is 0 Å². The van der Waals surface area contributed by atoms with Gasteiger partial charge in [0.15, 0.2) is 0 Å². The number of hydrogen-bond acceptors (Lipinski definition) is 7. The van der Waals surface area contributed by atoms with E-state index in [4.69, 9.17) is 10.6 Å². The third kappa shape index (κ3) is 4.53. The Hall–Kier alpha value is -1.41. The zero-order valence-corrected chi connectivity index (χ0v) is 9.70. The summed E-state index contributed by atoms with van der Waals surface area (Å²) in [6.07, 6.45) is 0.942. The monoisotopic (exact) mass is 247 g/mol. The maximum Gasteiger partial charge on any atom is 0.338 e. The van der Waals surface area contributed by atoms with Gasteiger partial charge in [0.05, 0.1) is 6.54 Å². The second-order valence-corrected chi connectivity index (χ2v) is 3.97. The van der Waals surface area contributed by atoms with Crippen LogP contribution in [0.25, 0.3) is 0 Å². The second kappa shape index (κ2) is 6.36. The maximum absolute atomic E-state index is 10.9. The molecule has 0 aromatic carbocycles. The lowest BCUT2D eigenvalue weighted by atomic mass is 9.93. The Kier molecular flexibility index (Phi) is 5.11. The smallest absolute Gasteiger partial charge is 0.338 e. The number of carbonyl (C=O) groups is 1. The second-order valence-electron chi connectivity index (χ2n) is 3.97. The van der Waals surface area contributed by atoms with Crippen molar-refractivity contribution >= 4 is 5.97 Å². The van der Waals surface area contributed by atoms with E-state index in [1.54, 1.807) is 6.92 Å². The minimum atomic E-state index is -0.772. The predicted octanol–water partition coefficient (Wildman–Crippen LogP) is -0.288. The van der Waals surface area contributed by atoms with Gasteiger partial charge < -0.3 is 15.4 Å². The number of nitrogens with two attached hydrogens (primary N) is 1. The minimum absolute atomic E-state index is 0.105. The Morgan fingerprint density at radius 1 is 1.59 bits per heavy atom. The van der Waals surface area contributed by atoms with Crippen molar-refractivity contribution in [3.05, 3.63) is 10.1 Å². The maximum atomic E-state index is 10.9. The van der Waals surface area contributed by atoms with Crippen molar-refractivity contribution < 1.29 is 19.6 Å². The van der Waals surface area contributed by atoms with Crippen LogP contribution in [-0.2, 0) is 14.5 Å². The molecule has 98 valence electrons. The van der Waals surface area contributed by atoms with E-state index in [0.717, 1.165) is 0 Å². The Morgan fingerprint density at radius 3 is 2.65 bits per heavy atom. The minimum Gasteiger partial charge on any atom is -0.367 e. The van der Waals surface area contributed by atoms with Crippen LogP contribution in [0, 0.1) is 16.0 Å². The zero-order chi connectivity index (χ0) is 12.8. The molecule has 0 saturated carbocycles. The highest BCUT2D eigenvalue weighted by Crippen LogP contribution is 2.22. The summed E-state index contributed by atoms with van der Waals surface area (Å²) in [5, 5.41) is 11.0.